The summed E-state index contributed by atoms with van der Waals surface area (Å²) >= 11 is 0. The highest BCUT2D eigenvalue weighted by atomic mass is 16.5. The zero-order valence-electron chi connectivity index (χ0n) is 17.4. The van der Waals surface area contributed by atoms with Crippen LogP contribution in [0, 0.1) is 11.3 Å². The number of rotatable bonds is 5. The van der Waals surface area contributed by atoms with Crippen LogP contribution in [-0.2, 0) is 13.2 Å². The number of nitrogens with zero attached hydrogens (tertiary/aromatic N) is 5. The van der Waals surface area contributed by atoms with Gasteiger partial charge in [-0.25, -0.2) is 0 Å². The molecule has 0 N–H and O–H groups in total. The zero-order chi connectivity index (χ0) is 22.1. The van der Waals surface area contributed by atoms with Crippen molar-refractivity contribution in [1.29, 1.82) is 5.26 Å². The number of hydrogen-bond donors (Lipinski definition) is 0. The summed E-state index contributed by atoms with van der Waals surface area (Å²) in [6, 6.07) is 24.8. The third-order valence-corrected chi connectivity index (χ3v) is 5.46. The van der Waals surface area contributed by atoms with E-state index in [9.17, 15) is 4.79 Å². The molecule has 0 aliphatic heterocycles. The minimum atomic E-state index is -0.0751. The van der Waals surface area contributed by atoms with Crippen molar-refractivity contribution in [1.82, 2.24) is 19.2 Å². The van der Waals surface area contributed by atoms with E-state index < -0.39 is 0 Å². The summed E-state index contributed by atoms with van der Waals surface area (Å²) in [4.78, 5) is 12.8. The number of hydrogen-bond acceptors (Lipinski definition) is 5. The molecule has 0 atom stereocenters. The van der Waals surface area contributed by atoms with Gasteiger partial charge in [0.15, 0.2) is 5.82 Å². The van der Waals surface area contributed by atoms with E-state index in [1.165, 1.54) is 0 Å². The first kappa shape index (κ1) is 19.5. The van der Waals surface area contributed by atoms with Crippen molar-refractivity contribution >= 4 is 16.7 Å². The van der Waals surface area contributed by atoms with Gasteiger partial charge in [0.2, 0.25) is 5.78 Å². The number of aromatic nitrogens is 4. The molecular formula is C25H19N5O2. The molecule has 2 heterocycles. The molecule has 0 saturated heterocycles. The molecule has 0 fully saturated rings. The van der Waals surface area contributed by atoms with E-state index in [4.69, 9.17) is 10.00 Å². The maximum absolute atomic E-state index is 12.8. The van der Waals surface area contributed by atoms with Gasteiger partial charge in [0, 0.05) is 6.54 Å². The molecule has 5 rings (SSSR count). The van der Waals surface area contributed by atoms with Gasteiger partial charge < -0.3 is 4.74 Å². The Labute approximate surface area is 183 Å². The number of nitriles is 1. The van der Waals surface area contributed by atoms with Crippen LogP contribution >= 0.6 is 0 Å². The largest absolute Gasteiger partial charge is 0.486 e. The molecule has 7 nitrogen and oxygen atoms in total. The quantitative estimate of drug-likeness (QED) is 0.425. The molecule has 3 aromatic carbocycles. The van der Waals surface area contributed by atoms with Crippen LogP contribution in [0.1, 0.15) is 18.3 Å². The summed E-state index contributed by atoms with van der Waals surface area (Å²) in [5.41, 5.74) is 3.39. The fraction of sp³-hybridized carbons (Fsp3) is 0.120. The van der Waals surface area contributed by atoms with Crippen LogP contribution in [0.25, 0.3) is 27.8 Å². The molecule has 0 amide bonds. The van der Waals surface area contributed by atoms with Crippen molar-refractivity contribution in [3.05, 3.63) is 94.5 Å². The molecule has 0 radical (unpaired) electrons. The first-order chi connectivity index (χ1) is 15.7. The maximum Gasteiger partial charge on any atom is 0.262 e. The predicted molar refractivity (Wildman–Crippen MR) is 121 cm³/mol. The summed E-state index contributed by atoms with van der Waals surface area (Å²) in [5, 5.41) is 18.1. The van der Waals surface area contributed by atoms with Crippen molar-refractivity contribution in [3.8, 4) is 22.9 Å². The molecule has 0 bridgehead atoms. The van der Waals surface area contributed by atoms with E-state index in [1.807, 2.05) is 72.0 Å². The minimum Gasteiger partial charge on any atom is -0.486 e. The predicted octanol–water partition coefficient (Wildman–Crippen LogP) is 4.18. The molecule has 0 aliphatic carbocycles. The molecule has 32 heavy (non-hydrogen) atoms. The fourth-order valence-electron chi connectivity index (χ4n) is 3.82. The van der Waals surface area contributed by atoms with Gasteiger partial charge in [-0.3, -0.25) is 13.8 Å². The zero-order valence-corrected chi connectivity index (χ0v) is 17.4. The lowest BCUT2D eigenvalue weighted by Crippen LogP contribution is -2.22. The lowest BCUT2D eigenvalue weighted by Gasteiger charge is -2.10. The van der Waals surface area contributed by atoms with E-state index in [0.29, 0.717) is 34.8 Å². The van der Waals surface area contributed by atoms with Crippen LogP contribution in [0.5, 0.6) is 5.75 Å². The Kier molecular flexibility index (Phi) is 4.88. The lowest BCUT2D eigenvalue weighted by atomic mass is 10.0. The molecular weight excluding hydrogens is 402 g/mol. The van der Waals surface area contributed by atoms with E-state index in [0.717, 1.165) is 16.6 Å². The SMILES string of the molecule is CCn1c(=O)c2ccccc2n2c(COc3ccc(-c4ccc(C#N)cc4)cc3)nnc12. The van der Waals surface area contributed by atoms with E-state index in [-0.39, 0.29) is 12.2 Å². The van der Waals surface area contributed by atoms with E-state index >= 15 is 0 Å². The molecule has 5 aromatic rings. The Balaban J connectivity index is 1.44. The number of benzene rings is 3. The second-order valence-corrected chi connectivity index (χ2v) is 7.32. The molecule has 7 heteroatoms. The van der Waals surface area contributed by atoms with Crippen LogP contribution in [-0.4, -0.2) is 19.2 Å². The smallest absolute Gasteiger partial charge is 0.262 e. The third-order valence-electron chi connectivity index (χ3n) is 5.46. The van der Waals surface area contributed by atoms with Gasteiger partial charge in [-0.15, -0.1) is 10.2 Å². The van der Waals surface area contributed by atoms with Crippen LogP contribution in [0.4, 0.5) is 0 Å². The van der Waals surface area contributed by atoms with Gasteiger partial charge in [-0.05, 0) is 54.4 Å². The van der Waals surface area contributed by atoms with Gasteiger partial charge in [-0.2, -0.15) is 5.26 Å². The number of para-hydroxylation sites is 1. The number of fused-ring (bicyclic) bond motifs is 3. The molecule has 0 unspecified atom stereocenters. The second kappa shape index (κ2) is 8.00. The standard InChI is InChI=1S/C25H19N5O2/c1-2-29-24(31)21-5-3-4-6-22(21)30-23(27-28-25(29)30)16-32-20-13-11-19(12-14-20)18-9-7-17(15-26)8-10-18/h3-14H,2,16H2,1H3. The van der Waals surface area contributed by atoms with Crippen LogP contribution in [0.15, 0.2) is 77.6 Å². The summed E-state index contributed by atoms with van der Waals surface area (Å²) in [7, 11) is 0. The Morgan fingerprint density at radius 1 is 0.938 bits per heavy atom. The fourth-order valence-corrected chi connectivity index (χ4v) is 3.82. The molecule has 0 aliphatic rings. The summed E-state index contributed by atoms with van der Waals surface area (Å²) in [6.07, 6.45) is 0. The van der Waals surface area contributed by atoms with Crippen LogP contribution in [0.2, 0.25) is 0 Å². The van der Waals surface area contributed by atoms with Crippen molar-refractivity contribution in [3.63, 3.8) is 0 Å². The average Bonchev–Trinajstić information content (AvgIpc) is 3.27. The highest BCUT2D eigenvalue weighted by Crippen LogP contribution is 2.23. The molecule has 156 valence electrons. The van der Waals surface area contributed by atoms with Gasteiger partial charge in [-0.1, -0.05) is 36.4 Å². The van der Waals surface area contributed by atoms with Gasteiger partial charge in [0.25, 0.3) is 5.56 Å². The topological polar surface area (TPSA) is 85.2 Å². The van der Waals surface area contributed by atoms with Crippen LogP contribution < -0.4 is 10.3 Å². The molecule has 2 aromatic heterocycles. The third kappa shape index (κ3) is 3.28. The van der Waals surface area contributed by atoms with Crippen molar-refractivity contribution in [2.24, 2.45) is 0 Å². The van der Waals surface area contributed by atoms with Gasteiger partial charge in [0.05, 0.1) is 22.5 Å². The first-order valence-corrected chi connectivity index (χ1v) is 10.3. The normalized spacial score (nSPS) is 11.0. The molecule has 0 spiro atoms. The summed E-state index contributed by atoms with van der Waals surface area (Å²) < 4.78 is 9.48. The average molecular weight is 421 g/mol. The lowest BCUT2D eigenvalue weighted by molar-refractivity contribution is 0.295. The Bertz CT molecular complexity index is 1520. The van der Waals surface area contributed by atoms with E-state index in [1.54, 1.807) is 16.7 Å². The summed E-state index contributed by atoms with van der Waals surface area (Å²) in [5.74, 6) is 1.83. The highest BCUT2D eigenvalue weighted by molar-refractivity contribution is 5.80. The van der Waals surface area contributed by atoms with Crippen molar-refractivity contribution in [2.45, 2.75) is 20.1 Å². The maximum atomic E-state index is 12.8. The van der Waals surface area contributed by atoms with E-state index in [2.05, 4.69) is 16.3 Å². The van der Waals surface area contributed by atoms with Gasteiger partial charge in [0.1, 0.15) is 12.4 Å². The Hall–Kier alpha value is -4.44. The number of aryl methyl sites for hydroxylation is 1. The van der Waals surface area contributed by atoms with Crippen molar-refractivity contribution in [2.75, 3.05) is 0 Å². The first-order valence-electron chi connectivity index (χ1n) is 10.3. The monoisotopic (exact) mass is 421 g/mol. The Morgan fingerprint density at radius 3 is 2.31 bits per heavy atom. The highest BCUT2D eigenvalue weighted by Gasteiger charge is 2.15. The van der Waals surface area contributed by atoms with Crippen molar-refractivity contribution < 1.29 is 4.74 Å². The Morgan fingerprint density at radius 2 is 1.62 bits per heavy atom. The second-order valence-electron chi connectivity index (χ2n) is 7.32. The van der Waals surface area contributed by atoms with Crippen LogP contribution in [0.3, 0.4) is 0 Å². The number of ether oxygens (including phenoxy) is 1. The minimum absolute atomic E-state index is 0.0751. The summed E-state index contributed by atoms with van der Waals surface area (Å²) in [6.45, 7) is 2.63. The van der Waals surface area contributed by atoms with Gasteiger partial charge >= 0.3 is 0 Å². The molecule has 0 saturated carbocycles.